The van der Waals surface area contributed by atoms with Crippen molar-refractivity contribution in [3.8, 4) is 0 Å². The molecule has 2 unspecified atom stereocenters. The van der Waals surface area contributed by atoms with Crippen LogP contribution in [-0.4, -0.2) is 61.4 Å². The normalized spacial score (nSPS) is 13.3. The Hall–Kier alpha value is -1.30. The Bertz CT molecular complexity index is 763. The number of hydrogen-bond donors (Lipinski definition) is 2. The molecule has 0 aromatic rings. The van der Waals surface area contributed by atoms with Crippen molar-refractivity contribution in [3.63, 3.8) is 0 Å². The van der Waals surface area contributed by atoms with E-state index in [-0.39, 0.29) is 24.1 Å². The van der Waals surface area contributed by atoms with Gasteiger partial charge in [-0.25, -0.2) is 0 Å². The second-order valence-corrected chi connectivity index (χ2v) is 14.6. The first kappa shape index (κ1) is 46.7. The van der Waals surface area contributed by atoms with E-state index in [0.29, 0.717) is 25.9 Å². The molecule has 0 aliphatic carbocycles. The summed E-state index contributed by atoms with van der Waals surface area (Å²) in [6.45, 7) is 5.40. The Morgan fingerprint density at radius 1 is 0.542 bits per heavy atom. The van der Waals surface area contributed by atoms with Gasteiger partial charge in [0.2, 0.25) is 0 Å². The molecular formula is C43H82N2O3. The van der Waals surface area contributed by atoms with Gasteiger partial charge < -0.3 is 15.3 Å². The Morgan fingerprint density at radius 2 is 0.896 bits per heavy atom. The largest absolute Gasteiger partial charge is 0.395 e. The summed E-state index contributed by atoms with van der Waals surface area (Å²) in [7, 11) is 3.94. The lowest BCUT2D eigenvalue weighted by molar-refractivity contribution is -0.131. The van der Waals surface area contributed by atoms with Crippen LogP contribution in [-0.2, 0) is 9.59 Å². The molecule has 48 heavy (non-hydrogen) atoms. The number of carbonyl (C=O) groups is 2. The van der Waals surface area contributed by atoms with E-state index in [4.69, 9.17) is 0 Å². The minimum absolute atomic E-state index is 0.0334. The number of allylic oxidation sites excluding steroid dienone is 4. The van der Waals surface area contributed by atoms with E-state index in [1.54, 1.807) is 0 Å². The second kappa shape index (κ2) is 37.0. The smallest absolute Gasteiger partial charge is 0.150 e. The lowest BCUT2D eigenvalue weighted by atomic mass is 9.87. The van der Waals surface area contributed by atoms with Gasteiger partial charge in [0, 0.05) is 25.9 Å². The third kappa shape index (κ3) is 30.7. The molecule has 282 valence electrons. The van der Waals surface area contributed by atoms with Crippen LogP contribution >= 0.6 is 0 Å². The molecule has 0 aliphatic heterocycles. The molecule has 0 fully saturated rings. The summed E-state index contributed by atoms with van der Waals surface area (Å²) in [6, 6.07) is -0.507. The Labute approximate surface area is 299 Å². The summed E-state index contributed by atoms with van der Waals surface area (Å²) in [5, 5.41) is 12.7. The minimum Gasteiger partial charge on any atom is -0.395 e. The molecule has 5 heteroatoms. The van der Waals surface area contributed by atoms with E-state index in [0.717, 1.165) is 51.4 Å². The van der Waals surface area contributed by atoms with E-state index < -0.39 is 6.04 Å². The highest BCUT2D eigenvalue weighted by Gasteiger charge is 2.32. The van der Waals surface area contributed by atoms with Gasteiger partial charge in [0.25, 0.3) is 0 Å². The summed E-state index contributed by atoms with van der Waals surface area (Å²) in [4.78, 5) is 28.9. The number of nitrogens with one attached hydrogen (secondary N) is 1. The maximum atomic E-state index is 13.4. The molecule has 0 rings (SSSR count). The molecule has 0 aliphatic rings. The number of aliphatic hydroxyl groups is 1. The Balaban J connectivity index is 4.31. The lowest BCUT2D eigenvalue weighted by Gasteiger charge is -2.28. The van der Waals surface area contributed by atoms with Crippen LogP contribution < -0.4 is 5.32 Å². The van der Waals surface area contributed by atoms with Crippen LogP contribution in [0.3, 0.4) is 0 Å². The molecule has 0 saturated heterocycles. The van der Waals surface area contributed by atoms with Gasteiger partial charge in [0.05, 0.1) is 18.6 Å². The highest BCUT2D eigenvalue weighted by atomic mass is 16.3. The fourth-order valence-electron chi connectivity index (χ4n) is 6.57. The van der Waals surface area contributed by atoms with Crippen molar-refractivity contribution < 1.29 is 14.7 Å². The van der Waals surface area contributed by atoms with Crippen molar-refractivity contribution in [3.05, 3.63) is 24.3 Å². The van der Waals surface area contributed by atoms with Crippen LogP contribution in [0.25, 0.3) is 0 Å². The van der Waals surface area contributed by atoms with Crippen LogP contribution in [0.4, 0.5) is 0 Å². The van der Waals surface area contributed by atoms with Gasteiger partial charge in [-0.3, -0.25) is 9.59 Å². The van der Waals surface area contributed by atoms with Crippen molar-refractivity contribution in [1.29, 1.82) is 0 Å². The number of aliphatic hydroxyl groups excluding tert-OH is 1. The predicted molar refractivity (Wildman–Crippen MR) is 210 cm³/mol. The average molecular weight is 675 g/mol. The molecular weight excluding hydrogens is 592 g/mol. The topological polar surface area (TPSA) is 69.6 Å². The van der Waals surface area contributed by atoms with E-state index in [1.807, 2.05) is 19.0 Å². The van der Waals surface area contributed by atoms with Crippen LogP contribution in [0.2, 0.25) is 0 Å². The van der Waals surface area contributed by atoms with Crippen LogP contribution in [0.15, 0.2) is 24.3 Å². The highest BCUT2D eigenvalue weighted by Crippen LogP contribution is 2.18. The number of rotatable bonds is 38. The molecule has 5 nitrogen and oxygen atoms in total. The summed E-state index contributed by atoms with van der Waals surface area (Å²) in [5.41, 5.74) is 0. The predicted octanol–water partition coefficient (Wildman–Crippen LogP) is 11.3. The van der Waals surface area contributed by atoms with E-state index in [1.165, 1.54) is 116 Å². The number of hydrogen-bond acceptors (Lipinski definition) is 5. The fraction of sp³-hybridized carbons (Fsp3) is 0.860. The van der Waals surface area contributed by atoms with Gasteiger partial charge in [-0.2, -0.15) is 0 Å². The average Bonchev–Trinajstić information content (AvgIpc) is 3.07. The Morgan fingerprint density at radius 3 is 1.27 bits per heavy atom. The van der Waals surface area contributed by atoms with Crippen LogP contribution in [0, 0.1) is 5.92 Å². The number of carbonyl (C=O) groups excluding carboxylic acids is 2. The molecule has 0 saturated carbocycles. The second-order valence-electron chi connectivity index (χ2n) is 14.6. The standard InChI is InChI=1S/C43H82N2O3/c1-5-7-9-11-13-15-17-19-21-23-25-27-29-31-33-35-41(47)40(39-45(3)4)43(44-37-38-46)42(48)36-34-32-30-28-26-24-22-20-18-16-14-12-10-8-6-2/h19-22,40,43-44,46H,5-18,23-39H2,1-4H3/b21-19-,22-20-. The third-order valence-corrected chi connectivity index (χ3v) is 9.57. The van der Waals surface area contributed by atoms with Crippen LogP contribution in [0.1, 0.15) is 194 Å². The molecule has 2 N–H and O–H groups in total. The van der Waals surface area contributed by atoms with Gasteiger partial charge in [-0.05, 0) is 78.3 Å². The molecule has 0 amide bonds. The highest BCUT2D eigenvalue weighted by molar-refractivity contribution is 5.92. The summed E-state index contributed by atoms with van der Waals surface area (Å²) in [6.07, 6.45) is 42.6. The van der Waals surface area contributed by atoms with Gasteiger partial charge in [0.15, 0.2) is 5.78 Å². The number of nitrogens with zero attached hydrogens (tertiary/aromatic N) is 1. The van der Waals surface area contributed by atoms with Crippen molar-refractivity contribution in [1.82, 2.24) is 10.2 Å². The summed E-state index contributed by atoms with van der Waals surface area (Å²) >= 11 is 0. The monoisotopic (exact) mass is 675 g/mol. The first-order valence-electron chi connectivity index (χ1n) is 20.8. The van der Waals surface area contributed by atoms with Crippen molar-refractivity contribution >= 4 is 11.6 Å². The maximum absolute atomic E-state index is 13.4. The zero-order chi connectivity index (χ0) is 35.3. The zero-order valence-electron chi connectivity index (χ0n) is 32.6. The van der Waals surface area contributed by atoms with E-state index in [9.17, 15) is 14.7 Å². The number of Topliss-reactive ketones (excluding diaryl/α,β-unsaturated/α-hetero) is 2. The molecule has 0 heterocycles. The summed E-state index contributed by atoms with van der Waals surface area (Å²) in [5.74, 6) is -0.0422. The molecule has 0 radical (unpaired) electrons. The molecule has 0 spiro atoms. The molecule has 0 aromatic carbocycles. The fourth-order valence-corrected chi connectivity index (χ4v) is 6.57. The van der Waals surface area contributed by atoms with Gasteiger partial charge >= 0.3 is 0 Å². The Kier molecular flexibility index (Phi) is 36.0. The van der Waals surface area contributed by atoms with E-state index in [2.05, 4.69) is 43.5 Å². The van der Waals surface area contributed by atoms with Crippen LogP contribution in [0.5, 0.6) is 0 Å². The van der Waals surface area contributed by atoms with E-state index >= 15 is 0 Å². The molecule has 2 atom stereocenters. The molecule has 0 bridgehead atoms. The quantitative estimate of drug-likeness (QED) is 0.0504. The van der Waals surface area contributed by atoms with Crippen molar-refractivity contribution in [2.24, 2.45) is 5.92 Å². The third-order valence-electron chi connectivity index (χ3n) is 9.57. The minimum atomic E-state index is -0.507. The van der Waals surface area contributed by atoms with Gasteiger partial charge in [-0.15, -0.1) is 0 Å². The van der Waals surface area contributed by atoms with Crippen molar-refractivity contribution in [2.45, 2.75) is 200 Å². The zero-order valence-corrected chi connectivity index (χ0v) is 32.6. The maximum Gasteiger partial charge on any atom is 0.150 e. The van der Waals surface area contributed by atoms with Gasteiger partial charge in [0.1, 0.15) is 5.78 Å². The molecule has 0 aromatic heterocycles. The first-order chi connectivity index (χ1) is 23.5. The SMILES string of the molecule is CCCCCCCC/C=C\CCCCCCCC(=O)C(CN(C)C)C(NCCO)C(=O)CCCCCCC/C=C\CCCCCCCC. The number of ketones is 2. The van der Waals surface area contributed by atoms with Crippen molar-refractivity contribution in [2.75, 3.05) is 33.8 Å². The summed E-state index contributed by atoms with van der Waals surface area (Å²) < 4.78 is 0. The number of unbranched alkanes of at least 4 members (excludes halogenated alkanes) is 22. The first-order valence-corrected chi connectivity index (χ1v) is 20.8. The lowest BCUT2D eigenvalue weighted by Crippen LogP contribution is -2.50. The van der Waals surface area contributed by atoms with Gasteiger partial charge in [-0.1, -0.05) is 141 Å².